The van der Waals surface area contributed by atoms with Crippen molar-refractivity contribution < 1.29 is 4.74 Å². The molecule has 0 spiro atoms. The molecular weight excluding hydrogens is 224 g/mol. The molecule has 0 amide bonds. The Bertz CT molecular complexity index is 474. The molecule has 2 aromatic rings. The minimum atomic E-state index is 0.573. The third kappa shape index (κ3) is 2.44. The number of nitrogens with zero attached hydrogens (tertiary/aromatic N) is 1. The van der Waals surface area contributed by atoms with Crippen LogP contribution in [0, 0.1) is 0 Å². The molecule has 0 fully saturated rings. The first-order valence-corrected chi connectivity index (χ1v) is 5.19. The van der Waals surface area contributed by atoms with Crippen LogP contribution in [0.2, 0.25) is 5.02 Å². The number of pyridine rings is 1. The van der Waals surface area contributed by atoms with Crippen LogP contribution in [0.5, 0.6) is 5.75 Å². The van der Waals surface area contributed by atoms with Crippen LogP contribution in [0.1, 0.15) is 0 Å². The molecule has 0 aliphatic rings. The summed E-state index contributed by atoms with van der Waals surface area (Å²) < 4.78 is 5.07. The van der Waals surface area contributed by atoms with Gasteiger partial charge in [0.15, 0.2) is 0 Å². The van der Waals surface area contributed by atoms with Gasteiger partial charge in [0.1, 0.15) is 11.6 Å². The second-order valence-electron chi connectivity index (χ2n) is 3.19. The molecule has 1 N–H and O–H groups in total. The van der Waals surface area contributed by atoms with E-state index in [2.05, 4.69) is 10.3 Å². The topological polar surface area (TPSA) is 34.1 Å². The molecule has 3 nitrogen and oxygen atoms in total. The van der Waals surface area contributed by atoms with E-state index in [9.17, 15) is 0 Å². The van der Waals surface area contributed by atoms with Gasteiger partial charge in [-0.3, -0.25) is 0 Å². The van der Waals surface area contributed by atoms with E-state index in [1.807, 2.05) is 30.3 Å². The van der Waals surface area contributed by atoms with E-state index < -0.39 is 0 Å². The molecule has 1 heterocycles. The summed E-state index contributed by atoms with van der Waals surface area (Å²) in [6, 6.07) is 11.2. The van der Waals surface area contributed by atoms with Gasteiger partial charge in [0.05, 0.1) is 12.1 Å². The zero-order valence-electron chi connectivity index (χ0n) is 8.77. The highest BCUT2D eigenvalue weighted by Gasteiger charge is 2.01. The number of hydrogen-bond donors (Lipinski definition) is 1. The summed E-state index contributed by atoms with van der Waals surface area (Å²) in [4.78, 5) is 4.16. The van der Waals surface area contributed by atoms with Crippen LogP contribution < -0.4 is 10.1 Å². The van der Waals surface area contributed by atoms with Crippen molar-refractivity contribution in [2.75, 3.05) is 12.4 Å². The summed E-state index contributed by atoms with van der Waals surface area (Å²) >= 11 is 6.01. The molecule has 0 unspecified atom stereocenters. The average molecular weight is 235 g/mol. The van der Waals surface area contributed by atoms with Gasteiger partial charge in [-0.25, -0.2) is 4.98 Å². The maximum absolute atomic E-state index is 6.01. The minimum absolute atomic E-state index is 0.573. The number of methoxy groups -OCH3 is 1. The average Bonchev–Trinajstić information content (AvgIpc) is 2.31. The lowest BCUT2D eigenvalue weighted by Gasteiger charge is -2.07. The van der Waals surface area contributed by atoms with E-state index in [-0.39, 0.29) is 0 Å². The van der Waals surface area contributed by atoms with Gasteiger partial charge in [0, 0.05) is 11.9 Å². The Labute approximate surface area is 99.0 Å². The fraction of sp³-hybridized carbons (Fsp3) is 0.0833. The smallest absolute Gasteiger partial charge is 0.137 e. The van der Waals surface area contributed by atoms with Gasteiger partial charge in [0.2, 0.25) is 0 Å². The largest absolute Gasteiger partial charge is 0.495 e. The molecule has 0 bridgehead atoms. The molecule has 2 rings (SSSR count). The summed E-state index contributed by atoms with van der Waals surface area (Å²) in [5.74, 6) is 1.44. The van der Waals surface area contributed by atoms with Crippen LogP contribution >= 0.6 is 11.6 Å². The van der Waals surface area contributed by atoms with Crippen LogP contribution in [-0.4, -0.2) is 12.1 Å². The standard InChI is InChI=1S/C12H11ClN2O/c1-16-11-6-5-9(8-10(11)13)15-12-4-2-3-7-14-12/h2-8H,1H3,(H,14,15). The van der Waals surface area contributed by atoms with E-state index >= 15 is 0 Å². The highest BCUT2D eigenvalue weighted by Crippen LogP contribution is 2.28. The van der Waals surface area contributed by atoms with Gasteiger partial charge in [-0.2, -0.15) is 0 Å². The van der Waals surface area contributed by atoms with Crippen molar-refractivity contribution in [2.24, 2.45) is 0 Å². The normalized spacial score (nSPS) is 9.88. The van der Waals surface area contributed by atoms with Crippen molar-refractivity contribution in [3.8, 4) is 5.75 Å². The minimum Gasteiger partial charge on any atom is -0.495 e. The van der Waals surface area contributed by atoms with Crippen molar-refractivity contribution >= 4 is 23.1 Å². The molecule has 1 aromatic carbocycles. The molecule has 82 valence electrons. The van der Waals surface area contributed by atoms with Crippen LogP contribution in [-0.2, 0) is 0 Å². The molecule has 16 heavy (non-hydrogen) atoms. The first-order valence-electron chi connectivity index (χ1n) is 4.81. The monoisotopic (exact) mass is 234 g/mol. The van der Waals surface area contributed by atoms with E-state index in [4.69, 9.17) is 16.3 Å². The Hall–Kier alpha value is -1.74. The van der Waals surface area contributed by atoms with Gasteiger partial charge in [-0.1, -0.05) is 17.7 Å². The van der Waals surface area contributed by atoms with Gasteiger partial charge in [0.25, 0.3) is 0 Å². The number of nitrogens with one attached hydrogen (secondary N) is 1. The second-order valence-corrected chi connectivity index (χ2v) is 3.60. The zero-order chi connectivity index (χ0) is 11.4. The van der Waals surface area contributed by atoms with Gasteiger partial charge in [-0.05, 0) is 30.3 Å². The zero-order valence-corrected chi connectivity index (χ0v) is 9.53. The molecule has 1 aromatic heterocycles. The van der Waals surface area contributed by atoms with E-state index in [0.29, 0.717) is 10.8 Å². The van der Waals surface area contributed by atoms with Crippen molar-refractivity contribution in [2.45, 2.75) is 0 Å². The van der Waals surface area contributed by atoms with Crippen LogP contribution in [0.4, 0.5) is 11.5 Å². The summed E-state index contributed by atoms with van der Waals surface area (Å²) in [7, 11) is 1.59. The summed E-state index contributed by atoms with van der Waals surface area (Å²) in [5, 5.41) is 3.72. The molecule has 0 radical (unpaired) electrons. The lowest BCUT2D eigenvalue weighted by molar-refractivity contribution is 0.415. The van der Waals surface area contributed by atoms with Gasteiger partial charge in [-0.15, -0.1) is 0 Å². The van der Waals surface area contributed by atoms with Crippen molar-refractivity contribution in [1.82, 2.24) is 4.98 Å². The third-order valence-electron chi connectivity index (χ3n) is 2.09. The number of hydrogen-bond acceptors (Lipinski definition) is 3. The number of halogens is 1. The molecule has 0 aliphatic heterocycles. The molecule has 0 aliphatic carbocycles. The maximum atomic E-state index is 6.01. The van der Waals surface area contributed by atoms with Crippen molar-refractivity contribution in [3.63, 3.8) is 0 Å². The fourth-order valence-electron chi connectivity index (χ4n) is 1.33. The van der Waals surface area contributed by atoms with Gasteiger partial charge < -0.3 is 10.1 Å². The number of anilines is 2. The predicted octanol–water partition coefficient (Wildman–Crippen LogP) is 3.49. The molecule has 0 atom stereocenters. The predicted molar refractivity (Wildman–Crippen MR) is 65.5 cm³/mol. The highest BCUT2D eigenvalue weighted by atomic mass is 35.5. The van der Waals surface area contributed by atoms with E-state index in [1.54, 1.807) is 19.4 Å². The second kappa shape index (κ2) is 4.86. The Morgan fingerprint density at radius 1 is 1.25 bits per heavy atom. The first kappa shape index (κ1) is 10.8. The maximum Gasteiger partial charge on any atom is 0.137 e. The SMILES string of the molecule is COc1ccc(Nc2ccccn2)cc1Cl. The Morgan fingerprint density at radius 2 is 2.12 bits per heavy atom. The van der Waals surface area contributed by atoms with Crippen LogP contribution in [0.15, 0.2) is 42.6 Å². The first-order chi connectivity index (χ1) is 7.79. The summed E-state index contributed by atoms with van der Waals surface area (Å²) in [6.45, 7) is 0. The number of rotatable bonds is 3. The lowest BCUT2D eigenvalue weighted by atomic mass is 10.3. The van der Waals surface area contributed by atoms with Crippen LogP contribution in [0.3, 0.4) is 0 Å². The molecule has 0 saturated heterocycles. The number of benzene rings is 1. The summed E-state index contributed by atoms with van der Waals surface area (Å²) in [5.41, 5.74) is 0.879. The van der Waals surface area contributed by atoms with Crippen molar-refractivity contribution in [1.29, 1.82) is 0 Å². The van der Waals surface area contributed by atoms with Gasteiger partial charge >= 0.3 is 0 Å². The highest BCUT2D eigenvalue weighted by molar-refractivity contribution is 6.32. The molecular formula is C12H11ClN2O. The quantitative estimate of drug-likeness (QED) is 0.883. The lowest BCUT2D eigenvalue weighted by Crippen LogP contribution is -1.93. The Morgan fingerprint density at radius 3 is 2.75 bits per heavy atom. The van der Waals surface area contributed by atoms with E-state index in [0.717, 1.165) is 11.5 Å². The molecule has 0 saturated carbocycles. The number of ether oxygens (including phenoxy) is 1. The Kier molecular flexibility index (Phi) is 3.27. The Balaban J connectivity index is 2.20. The molecule has 4 heteroatoms. The fourth-order valence-corrected chi connectivity index (χ4v) is 1.59. The third-order valence-corrected chi connectivity index (χ3v) is 2.38. The van der Waals surface area contributed by atoms with E-state index in [1.165, 1.54) is 0 Å². The van der Waals surface area contributed by atoms with Crippen molar-refractivity contribution in [3.05, 3.63) is 47.6 Å². The number of aromatic nitrogens is 1. The van der Waals surface area contributed by atoms with Crippen LogP contribution in [0.25, 0.3) is 0 Å². The summed E-state index contributed by atoms with van der Waals surface area (Å²) in [6.07, 6.45) is 1.73.